The number of carbonyl (C=O) groups is 1. The summed E-state index contributed by atoms with van der Waals surface area (Å²) in [5.41, 5.74) is -0.0827. The average molecular weight is 313 g/mol. The van der Waals surface area contributed by atoms with Gasteiger partial charge in [0.2, 0.25) is 0 Å². The molecule has 1 saturated carbocycles. The van der Waals surface area contributed by atoms with Crippen molar-refractivity contribution < 1.29 is 9.90 Å². The summed E-state index contributed by atoms with van der Waals surface area (Å²) in [6.45, 7) is 0.245. The fourth-order valence-electron chi connectivity index (χ4n) is 2.08. The summed E-state index contributed by atoms with van der Waals surface area (Å²) in [7, 11) is 0. The lowest BCUT2D eigenvalue weighted by molar-refractivity contribution is -0.144. The van der Waals surface area contributed by atoms with E-state index in [1.807, 2.05) is 0 Å². The number of aromatic nitrogens is 4. The molecule has 0 atom stereocenters. The van der Waals surface area contributed by atoms with Crippen LogP contribution in [0.3, 0.4) is 0 Å². The Kier molecular flexibility index (Phi) is 3.14. The molecule has 0 bridgehead atoms. The fourth-order valence-corrected chi connectivity index (χ4v) is 2.60. The van der Waals surface area contributed by atoms with Gasteiger partial charge in [0.15, 0.2) is 5.82 Å². The number of tetrazole rings is 1. The molecule has 0 amide bonds. The lowest BCUT2D eigenvalue weighted by atomic mass is 10.1. The number of benzene rings is 1. The van der Waals surface area contributed by atoms with Crippen molar-refractivity contribution >= 4 is 29.2 Å². The zero-order valence-corrected chi connectivity index (χ0v) is 11.8. The molecular formula is C12H10Cl2N4O2. The molecule has 3 rings (SSSR count). The van der Waals surface area contributed by atoms with Crippen molar-refractivity contribution in [2.24, 2.45) is 5.41 Å². The van der Waals surface area contributed by atoms with Crippen molar-refractivity contribution in [1.82, 2.24) is 20.2 Å². The molecule has 1 heterocycles. The van der Waals surface area contributed by atoms with E-state index < -0.39 is 11.4 Å². The topological polar surface area (TPSA) is 80.9 Å². The molecule has 1 aromatic heterocycles. The van der Waals surface area contributed by atoms with Crippen LogP contribution in [-0.2, 0) is 11.3 Å². The highest BCUT2D eigenvalue weighted by Gasteiger charge is 2.51. The van der Waals surface area contributed by atoms with Gasteiger partial charge in [0.1, 0.15) is 0 Å². The summed E-state index contributed by atoms with van der Waals surface area (Å²) in [5.74, 6) is -0.356. The number of aliphatic carboxylic acids is 1. The molecule has 0 saturated heterocycles. The van der Waals surface area contributed by atoms with Crippen molar-refractivity contribution in [3.8, 4) is 11.4 Å². The Labute approximate surface area is 124 Å². The van der Waals surface area contributed by atoms with E-state index >= 15 is 0 Å². The molecule has 1 fully saturated rings. The third-order valence-corrected chi connectivity index (χ3v) is 3.85. The molecule has 0 spiro atoms. The number of hydrogen-bond donors (Lipinski definition) is 1. The van der Waals surface area contributed by atoms with Gasteiger partial charge < -0.3 is 5.11 Å². The van der Waals surface area contributed by atoms with Crippen molar-refractivity contribution in [1.29, 1.82) is 0 Å². The van der Waals surface area contributed by atoms with E-state index in [9.17, 15) is 9.90 Å². The second-order valence-corrected chi connectivity index (χ2v) is 5.78. The van der Waals surface area contributed by atoms with Crippen LogP contribution in [0.5, 0.6) is 0 Å². The first kappa shape index (κ1) is 13.3. The van der Waals surface area contributed by atoms with E-state index in [0.29, 0.717) is 34.3 Å². The number of rotatable bonds is 4. The van der Waals surface area contributed by atoms with Crippen LogP contribution in [0.25, 0.3) is 11.4 Å². The molecule has 20 heavy (non-hydrogen) atoms. The lowest BCUT2D eigenvalue weighted by Crippen LogP contribution is -2.22. The van der Waals surface area contributed by atoms with Gasteiger partial charge in [-0.05, 0) is 41.5 Å². The number of hydrogen-bond acceptors (Lipinski definition) is 4. The molecule has 0 unspecified atom stereocenters. The smallest absolute Gasteiger partial charge is 0.311 e. The Morgan fingerprint density at radius 2 is 1.95 bits per heavy atom. The van der Waals surface area contributed by atoms with Gasteiger partial charge in [0.25, 0.3) is 0 Å². The highest BCUT2D eigenvalue weighted by atomic mass is 35.5. The predicted octanol–water partition coefficient (Wildman–Crippen LogP) is 2.51. The maximum Gasteiger partial charge on any atom is 0.311 e. The van der Waals surface area contributed by atoms with E-state index in [1.165, 1.54) is 4.68 Å². The fraction of sp³-hybridized carbons (Fsp3) is 0.333. The summed E-state index contributed by atoms with van der Waals surface area (Å²) in [6.07, 6.45) is 1.27. The SMILES string of the molecule is O=C(O)C1(Cn2nnnc2-c2cc(Cl)cc(Cl)c2)CC1. The van der Waals surface area contributed by atoms with E-state index in [0.717, 1.165) is 0 Å². The van der Waals surface area contributed by atoms with E-state index in [-0.39, 0.29) is 6.54 Å². The highest BCUT2D eigenvalue weighted by molar-refractivity contribution is 6.35. The molecular weight excluding hydrogens is 303 g/mol. The number of carboxylic acid groups (broad SMARTS) is 1. The lowest BCUT2D eigenvalue weighted by Gasteiger charge is -2.11. The Morgan fingerprint density at radius 1 is 1.30 bits per heavy atom. The average Bonchev–Trinajstić information content (AvgIpc) is 2.99. The molecule has 6 nitrogen and oxygen atoms in total. The number of nitrogens with zero attached hydrogens (tertiary/aromatic N) is 4. The van der Waals surface area contributed by atoms with Crippen molar-refractivity contribution in [3.05, 3.63) is 28.2 Å². The summed E-state index contributed by atoms with van der Waals surface area (Å²) in [4.78, 5) is 11.2. The standard InChI is InChI=1S/C12H10Cl2N4O2/c13-8-3-7(4-9(14)5-8)10-15-16-17-18(10)6-12(1-2-12)11(19)20/h3-5H,1-2,6H2,(H,19,20). The highest BCUT2D eigenvalue weighted by Crippen LogP contribution is 2.47. The van der Waals surface area contributed by atoms with Crippen molar-refractivity contribution in [2.45, 2.75) is 19.4 Å². The quantitative estimate of drug-likeness (QED) is 0.938. The van der Waals surface area contributed by atoms with Crippen LogP contribution in [0.4, 0.5) is 0 Å². The molecule has 1 aliphatic rings. The molecule has 1 N–H and O–H groups in total. The van der Waals surface area contributed by atoms with E-state index in [4.69, 9.17) is 23.2 Å². The molecule has 1 aliphatic carbocycles. The third kappa shape index (κ3) is 2.36. The minimum atomic E-state index is -0.817. The van der Waals surface area contributed by atoms with Gasteiger partial charge in [-0.2, -0.15) is 0 Å². The second kappa shape index (κ2) is 4.71. The Morgan fingerprint density at radius 3 is 2.50 bits per heavy atom. The molecule has 104 valence electrons. The third-order valence-electron chi connectivity index (χ3n) is 3.41. The van der Waals surface area contributed by atoms with Gasteiger partial charge in [-0.15, -0.1) is 5.10 Å². The van der Waals surface area contributed by atoms with Gasteiger partial charge in [0, 0.05) is 15.6 Å². The Balaban J connectivity index is 1.96. The van der Waals surface area contributed by atoms with Gasteiger partial charge in [0.05, 0.1) is 12.0 Å². The second-order valence-electron chi connectivity index (χ2n) is 4.90. The van der Waals surface area contributed by atoms with Crippen molar-refractivity contribution in [3.63, 3.8) is 0 Å². The first-order valence-corrected chi connectivity index (χ1v) is 6.72. The largest absolute Gasteiger partial charge is 0.481 e. The molecule has 2 aromatic rings. The molecule has 1 aromatic carbocycles. The van der Waals surface area contributed by atoms with Gasteiger partial charge in [-0.1, -0.05) is 23.2 Å². The minimum absolute atomic E-state index is 0.245. The zero-order valence-electron chi connectivity index (χ0n) is 10.3. The van der Waals surface area contributed by atoms with Crippen LogP contribution >= 0.6 is 23.2 Å². The number of carboxylic acids is 1. The number of halogens is 2. The Hall–Kier alpha value is -1.66. The van der Waals surface area contributed by atoms with E-state index in [1.54, 1.807) is 18.2 Å². The van der Waals surface area contributed by atoms with Crippen LogP contribution < -0.4 is 0 Å². The van der Waals surface area contributed by atoms with Crippen LogP contribution in [0.15, 0.2) is 18.2 Å². The first-order chi connectivity index (χ1) is 9.50. The summed E-state index contributed by atoms with van der Waals surface area (Å²) in [5, 5.41) is 21.6. The van der Waals surface area contributed by atoms with Crippen LogP contribution in [-0.4, -0.2) is 31.3 Å². The molecule has 0 aliphatic heterocycles. The summed E-state index contributed by atoms with van der Waals surface area (Å²) >= 11 is 11.9. The van der Waals surface area contributed by atoms with Crippen LogP contribution in [0.2, 0.25) is 10.0 Å². The summed E-state index contributed by atoms with van der Waals surface area (Å²) in [6, 6.07) is 4.99. The summed E-state index contributed by atoms with van der Waals surface area (Å²) < 4.78 is 1.49. The predicted molar refractivity (Wildman–Crippen MR) is 72.6 cm³/mol. The molecule has 8 heteroatoms. The van der Waals surface area contributed by atoms with Crippen LogP contribution in [0.1, 0.15) is 12.8 Å². The first-order valence-electron chi connectivity index (χ1n) is 5.96. The van der Waals surface area contributed by atoms with E-state index in [2.05, 4.69) is 15.5 Å². The van der Waals surface area contributed by atoms with Gasteiger partial charge in [-0.3, -0.25) is 4.79 Å². The monoisotopic (exact) mass is 312 g/mol. The van der Waals surface area contributed by atoms with Gasteiger partial charge >= 0.3 is 5.97 Å². The maximum absolute atomic E-state index is 11.2. The maximum atomic E-state index is 11.2. The van der Waals surface area contributed by atoms with Crippen molar-refractivity contribution in [2.75, 3.05) is 0 Å². The Bertz CT molecular complexity index is 662. The molecule has 0 radical (unpaired) electrons. The van der Waals surface area contributed by atoms with Crippen LogP contribution in [0, 0.1) is 5.41 Å². The zero-order chi connectivity index (χ0) is 14.3. The minimum Gasteiger partial charge on any atom is -0.481 e. The van der Waals surface area contributed by atoms with Gasteiger partial charge in [-0.25, -0.2) is 4.68 Å². The normalized spacial score (nSPS) is 16.1.